The summed E-state index contributed by atoms with van der Waals surface area (Å²) in [5.41, 5.74) is 5.26. The van der Waals surface area contributed by atoms with E-state index in [-0.39, 0.29) is 19.3 Å². The minimum atomic E-state index is -0.948. The van der Waals surface area contributed by atoms with Gasteiger partial charge in [-0.2, -0.15) is 0 Å². The van der Waals surface area contributed by atoms with Crippen molar-refractivity contribution in [3.63, 3.8) is 0 Å². The Bertz CT molecular complexity index is 353. The number of carboxylic acid groups (broad SMARTS) is 2. The predicted molar refractivity (Wildman–Crippen MR) is 62.8 cm³/mol. The first-order valence-corrected chi connectivity index (χ1v) is 5.11. The molecule has 6 nitrogen and oxygen atoms in total. The topological polar surface area (TPSA) is 114 Å². The summed E-state index contributed by atoms with van der Waals surface area (Å²) in [5, 5.41) is 16.5. The van der Waals surface area contributed by atoms with Crippen molar-refractivity contribution in [2.75, 3.05) is 5.73 Å². The number of nitrogens with zero attached hydrogens (tertiary/aromatic N) is 1. The highest BCUT2D eigenvalue weighted by Crippen LogP contribution is 2.04. The monoisotopic (exact) mass is 260 g/mol. The van der Waals surface area contributed by atoms with Gasteiger partial charge in [0.05, 0.1) is 0 Å². The third kappa shape index (κ3) is 10.5. The highest BCUT2D eigenvalue weighted by molar-refractivity contribution is 6.29. The largest absolute Gasteiger partial charge is 0.481 e. The second-order valence-electron chi connectivity index (χ2n) is 3.03. The van der Waals surface area contributed by atoms with Crippen LogP contribution in [0.5, 0.6) is 0 Å². The molecule has 0 aliphatic carbocycles. The quantitative estimate of drug-likeness (QED) is 0.709. The van der Waals surface area contributed by atoms with Crippen molar-refractivity contribution in [1.82, 2.24) is 4.98 Å². The zero-order chi connectivity index (χ0) is 13.3. The number of carbonyl (C=O) groups is 2. The van der Waals surface area contributed by atoms with Crippen LogP contribution in [-0.4, -0.2) is 27.1 Å². The van der Waals surface area contributed by atoms with E-state index in [0.717, 1.165) is 0 Å². The molecule has 1 aromatic rings. The van der Waals surface area contributed by atoms with Gasteiger partial charge >= 0.3 is 11.9 Å². The Balaban J connectivity index is 0.000000302. The fourth-order valence-electron chi connectivity index (χ4n) is 0.815. The summed E-state index contributed by atoms with van der Waals surface area (Å²) in [6.07, 6.45) is 0.0866. The molecule has 0 saturated heterocycles. The van der Waals surface area contributed by atoms with Crippen LogP contribution >= 0.6 is 11.6 Å². The Hall–Kier alpha value is -1.82. The fraction of sp³-hybridized carbons (Fsp3) is 0.300. The Morgan fingerprint density at radius 1 is 1.24 bits per heavy atom. The van der Waals surface area contributed by atoms with Crippen LogP contribution in [0.4, 0.5) is 5.82 Å². The molecule has 4 N–H and O–H groups in total. The van der Waals surface area contributed by atoms with Gasteiger partial charge in [-0.15, -0.1) is 0 Å². The van der Waals surface area contributed by atoms with Crippen LogP contribution in [0.3, 0.4) is 0 Å². The molecule has 17 heavy (non-hydrogen) atoms. The molecule has 0 aliphatic rings. The highest BCUT2D eigenvalue weighted by Gasteiger charge is 1.99. The van der Waals surface area contributed by atoms with Crippen LogP contribution in [0.2, 0.25) is 5.15 Å². The molecule has 0 atom stereocenters. The van der Waals surface area contributed by atoms with E-state index in [4.69, 9.17) is 27.5 Å². The van der Waals surface area contributed by atoms with Crippen LogP contribution in [0.25, 0.3) is 0 Å². The molecule has 0 aliphatic heterocycles. The van der Waals surface area contributed by atoms with E-state index in [1.165, 1.54) is 0 Å². The summed E-state index contributed by atoms with van der Waals surface area (Å²) in [4.78, 5) is 23.3. The van der Waals surface area contributed by atoms with Gasteiger partial charge in [-0.3, -0.25) is 9.59 Å². The van der Waals surface area contributed by atoms with Gasteiger partial charge in [-0.1, -0.05) is 17.7 Å². The van der Waals surface area contributed by atoms with E-state index in [0.29, 0.717) is 11.0 Å². The molecular formula is C10H13ClN2O4. The lowest BCUT2D eigenvalue weighted by Crippen LogP contribution is -1.98. The average Bonchev–Trinajstić information content (AvgIpc) is 2.16. The zero-order valence-corrected chi connectivity index (χ0v) is 9.72. The highest BCUT2D eigenvalue weighted by atomic mass is 35.5. The molecule has 0 aromatic carbocycles. The van der Waals surface area contributed by atoms with E-state index in [9.17, 15) is 9.59 Å². The molecule has 0 spiro atoms. The smallest absolute Gasteiger partial charge is 0.303 e. The zero-order valence-electron chi connectivity index (χ0n) is 8.97. The van der Waals surface area contributed by atoms with Gasteiger partial charge in [0.2, 0.25) is 0 Å². The number of anilines is 1. The number of rotatable bonds is 4. The van der Waals surface area contributed by atoms with E-state index in [2.05, 4.69) is 4.98 Å². The summed E-state index contributed by atoms with van der Waals surface area (Å²) in [6.45, 7) is 0. The van der Waals surface area contributed by atoms with Gasteiger partial charge in [0.25, 0.3) is 0 Å². The van der Waals surface area contributed by atoms with Gasteiger partial charge < -0.3 is 15.9 Å². The predicted octanol–water partition coefficient (Wildman–Crippen LogP) is 1.64. The summed E-state index contributed by atoms with van der Waals surface area (Å²) in [7, 11) is 0. The standard InChI is InChI=1S/C5H5ClN2.C5H8O4/c6-4-2-1-3-5(7)8-4;6-4(7)2-1-3-5(8)9/h1-3H,(H2,7,8);1-3H2,(H,6,7)(H,8,9). The maximum atomic E-state index is 9.79. The summed E-state index contributed by atoms with van der Waals surface area (Å²) in [5.74, 6) is -1.44. The van der Waals surface area contributed by atoms with Gasteiger partial charge in [0, 0.05) is 12.8 Å². The van der Waals surface area contributed by atoms with Gasteiger partial charge in [-0.25, -0.2) is 4.98 Å². The van der Waals surface area contributed by atoms with Crippen LogP contribution in [0.15, 0.2) is 18.2 Å². The van der Waals surface area contributed by atoms with E-state index in [1.54, 1.807) is 18.2 Å². The lowest BCUT2D eigenvalue weighted by atomic mass is 10.2. The molecule has 94 valence electrons. The fourth-order valence-corrected chi connectivity index (χ4v) is 0.985. The first kappa shape index (κ1) is 15.2. The minimum absolute atomic E-state index is 0.0632. The summed E-state index contributed by atoms with van der Waals surface area (Å²) >= 11 is 5.45. The number of pyridine rings is 1. The number of aromatic nitrogens is 1. The van der Waals surface area contributed by atoms with Gasteiger partial charge in [0.1, 0.15) is 11.0 Å². The Labute approximate surface area is 103 Å². The molecule has 0 unspecified atom stereocenters. The molecule has 0 bridgehead atoms. The third-order valence-corrected chi connectivity index (χ3v) is 1.73. The first-order valence-electron chi connectivity index (χ1n) is 4.73. The summed E-state index contributed by atoms with van der Waals surface area (Å²) < 4.78 is 0. The third-order valence-electron chi connectivity index (χ3n) is 1.52. The Morgan fingerprint density at radius 3 is 2.06 bits per heavy atom. The van der Waals surface area contributed by atoms with Crippen molar-refractivity contribution in [2.45, 2.75) is 19.3 Å². The van der Waals surface area contributed by atoms with Crippen molar-refractivity contribution < 1.29 is 19.8 Å². The molecule has 0 fully saturated rings. The number of hydrogen-bond donors (Lipinski definition) is 3. The van der Waals surface area contributed by atoms with Crippen molar-refractivity contribution >= 4 is 29.4 Å². The maximum Gasteiger partial charge on any atom is 0.303 e. The lowest BCUT2D eigenvalue weighted by molar-refractivity contribution is -0.138. The average molecular weight is 261 g/mol. The Morgan fingerprint density at radius 2 is 1.76 bits per heavy atom. The number of aliphatic carboxylic acids is 2. The number of nitrogens with two attached hydrogens (primary N) is 1. The molecule has 1 rings (SSSR count). The van der Waals surface area contributed by atoms with Crippen molar-refractivity contribution in [1.29, 1.82) is 0 Å². The molecular weight excluding hydrogens is 248 g/mol. The summed E-state index contributed by atoms with van der Waals surface area (Å²) in [6, 6.07) is 5.12. The Kier molecular flexibility index (Phi) is 7.45. The number of halogens is 1. The van der Waals surface area contributed by atoms with Crippen molar-refractivity contribution in [2.24, 2.45) is 0 Å². The second kappa shape index (κ2) is 8.35. The van der Waals surface area contributed by atoms with Crippen LogP contribution in [-0.2, 0) is 9.59 Å². The molecule has 7 heteroatoms. The minimum Gasteiger partial charge on any atom is -0.481 e. The van der Waals surface area contributed by atoms with E-state index < -0.39 is 11.9 Å². The van der Waals surface area contributed by atoms with E-state index in [1.807, 2.05) is 0 Å². The van der Waals surface area contributed by atoms with Gasteiger partial charge in [0.15, 0.2) is 0 Å². The van der Waals surface area contributed by atoms with E-state index >= 15 is 0 Å². The number of carboxylic acids is 2. The SMILES string of the molecule is Nc1cccc(Cl)n1.O=C(O)CCCC(=O)O. The second-order valence-corrected chi connectivity index (χ2v) is 3.41. The lowest BCUT2D eigenvalue weighted by Gasteiger charge is -1.89. The molecule has 0 saturated carbocycles. The van der Waals surface area contributed by atoms with Crippen LogP contribution < -0.4 is 5.73 Å². The maximum absolute atomic E-state index is 9.79. The van der Waals surface area contributed by atoms with Crippen molar-refractivity contribution in [3.05, 3.63) is 23.4 Å². The number of nitrogen functional groups attached to an aromatic ring is 1. The van der Waals surface area contributed by atoms with Crippen molar-refractivity contribution in [3.8, 4) is 0 Å². The molecule has 1 heterocycles. The normalized spacial score (nSPS) is 9.00. The molecule has 1 aromatic heterocycles. The number of hydrogen-bond acceptors (Lipinski definition) is 4. The van der Waals surface area contributed by atoms with Crippen LogP contribution in [0, 0.1) is 0 Å². The van der Waals surface area contributed by atoms with Crippen LogP contribution in [0.1, 0.15) is 19.3 Å². The molecule has 0 radical (unpaired) electrons. The first-order chi connectivity index (χ1) is 7.91. The molecule has 0 amide bonds. The van der Waals surface area contributed by atoms with Gasteiger partial charge in [-0.05, 0) is 18.6 Å².